The van der Waals surface area contributed by atoms with Crippen LogP contribution in [0.1, 0.15) is 45.1 Å². The van der Waals surface area contributed by atoms with Gasteiger partial charge in [-0.2, -0.15) is 0 Å². The zero-order valence-electron chi connectivity index (χ0n) is 11.9. The lowest BCUT2D eigenvalue weighted by atomic mass is 9.66. The van der Waals surface area contributed by atoms with Crippen molar-refractivity contribution in [2.24, 2.45) is 11.3 Å². The number of likely N-dealkylation sites (tertiary alicyclic amines) is 1. The predicted octanol–water partition coefficient (Wildman–Crippen LogP) is 3.61. The van der Waals surface area contributed by atoms with E-state index in [1.807, 2.05) is 6.07 Å². The van der Waals surface area contributed by atoms with E-state index in [0.717, 1.165) is 13.0 Å². The first-order chi connectivity index (χ1) is 9.08. The second-order valence-electron chi connectivity index (χ2n) is 6.77. The monoisotopic (exact) mass is 257 g/mol. The van der Waals surface area contributed by atoms with Crippen LogP contribution in [0.15, 0.2) is 30.3 Å². The van der Waals surface area contributed by atoms with Gasteiger partial charge in [0.2, 0.25) is 5.91 Å². The summed E-state index contributed by atoms with van der Waals surface area (Å²) in [5.41, 5.74) is 1.57. The van der Waals surface area contributed by atoms with Crippen LogP contribution in [-0.4, -0.2) is 16.8 Å². The highest BCUT2D eigenvalue weighted by molar-refractivity contribution is 5.79. The topological polar surface area (TPSA) is 20.3 Å². The molecule has 19 heavy (non-hydrogen) atoms. The van der Waals surface area contributed by atoms with Gasteiger partial charge >= 0.3 is 0 Å². The second-order valence-corrected chi connectivity index (χ2v) is 6.77. The zero-order chi connectivity index (χ0) is 13.5. The molecule has 2 atom stereocenters. The quantitative estimate of drug-likeness (QED) is 0.792. The van der Waals surface area contributed by atoms with Crippen molar-refractivity contribution in [1.82, 2.24) is 4.90 Å². The number of benzene rings is 1. The summed E-state index contributed by atoms with van der Waals surface area (Å²) in [4.78, 5) is 14.5. The maximum Gasteiger partial charge on any atom is 0.223 e. The summed E-state index contributed by atoms with van der Waals surface area (Å²) in [6, 6.07) is 10.8. The summed E-state index contributed by atoms with van der Waals surface area (Å²) in [6.07, 6.45) is 4.46. The van der Waals surface area contributed by atoms with Crippen LogP contribution in [0.25, 0.3) is 0 Å². The average molecular weight is 257 g/mol. The number of carbonyl (C=O) groups excluding carboxylic acids is 1. The molecule has 0 radical (unpaired) electrons. The van der Waals surface area contributed by atoms with Crippen molar-refractivity contribution in [1.29, 1.82) is 0 Å². The highest BCUT2D eigenvalue weighted by Crippen LogP contribution is 2.48. The molecule has 0 spiro atoms. The lowest BCUT2D eigenvalue weighted by molar-refractivity contribution is -0.129. The summed E-state index contributed by atoms with van der Waals surface area (Å²) in [6.45, 7) is 5.46. The Morgan fingerprint density at radius 1 is 1.26 bits per heavy atom. The molecule has 1 aliphatic carbocycles. The smallest absolute Gasteiger partial charge is 0.223 e. The molecule has 1 amide bonds. The summed E-state index contributed by atoms with van der Waals surface area (Å²) >= 11 is 0. The normalized spacial score (nSPS) is 29.4. The fourth-order valence-corrected chi connectivity index (χ4v) is 3.94. The minimum Gasteiger partial charge on any atom is -0.335 e. The van der Waals surface area contributed by atoms with Crippen LogP contribution in [-0.2, 0) is 11.3 Å². The Morgan fingerprint density at radius 3 is 2.74 bits per heavy atom. The molecule has 3 rings (SSSR count). The number of amides is 1. The Balaban J connectivity index is 1.81. The molecule has 102 valence electrons. The number of fused-ring (bicyclic) bond motifs is 1. The van der Waals surface area contributed by atoms with Crippen molar-refractivity contribution in [2.45, 2.75) is 52.1 Å². The van der Waals surface area contributed by atoms with E-state index in [9.17, 15) is 4.79 Å². The van der Waals surface area contributed by atoms with E-state index in [-0.39, 0.29) is 0 Å². The number of hydrogen-bond acceptors (Lipinski definition) is 1. The van der Waals surface area contributed by atoms with Crippen LogP contribution in [0.4, 0.5) is 0 Å². The van der Waals surface area contributed by atoms with Crippen molar-refractivity contribution in [3.63, 3.8) is 0 Å². The lowest BCUT2D eigenvalue weighted by Crippen LogP contribution is -2.42. The van der Waals surface area contributed by atoms with Gasteiger partial charge < -0.3 is 4.90 Å². The third-order valence-electron chi connectivity index (χ3n) is 5.10. The highest BCUT2D eigenvalue weighted by atomic mass is 16.2. The molecule has 0 aromatic heterocycles. The first-order valence-electron chi connectivity index (χ1n) is 7.41. The largest absolute Gasteiger partial charge is 0.335 e. The van der Waals surface area contributed by atoms with E-state index in [1.165, 1.54) is 24.8 Å². The lowest BCUT2D eigenvalue weighted by Gasteiger charge is -2.42. The third kappa shape index (κ3) is 2.29. The van der Waals surface area contributed by atoms with E-state index < -0.39 is 0 Å². The van der Waals surface area contributed by atoms with Crippen molar-refractivity contribution in [2.75, 3.05) is 0 Å². The molecular weight excluding hydrogens is 234 g/mol. The molecular formula is C17H23NO. The van der Waals surface area contributed by atoms with E-state index in [4.69, 9.17) is 0 Å². The molecule has 1 aromatic carbocycles. The zero-order valence-corrected chi connectivity index (χ0v) is 11.9. The van der Waals surface area contributed by atoms with Crippen molar-refractivity contribution < 1.29 is 4.79 Å². The first-order valence-corrected chi connectivity index (χ1v) is 7.41. The Hall–Kier alpha value is -1.31. The summed E-state index contributed by atoms with van der Waals surface area (Å²) < 4.78 is 0. The van der Waals surface area contributed by atoms with Crippen molar-refractivity contribution in [3.8, 4) is 0 Å². The molecule has 1 aromatic rings. The van der Waals surface area contributed by atoms with Gasteiger partial charge in [0.1, 0.15) is 0 Å². The van der Waals surface area contributed by atoms with E-state index in [0.29, 0.717) is 23.3 Å². The number of carbonyl (C=O) groups is 1. The predicted molar refractivity (Wildman–Crippen MR) is 76.5 cm³/mol. The molecule has 1 saturated heterocycles. The molecule has 1 heterocycles. The molecule has 2 fully saturated rings. The van der Waals surface area contributed by atoms with Crippen LogP contribution >= 0.6 is 0 Å². The van der Waals surface area contributed by atoms with Crippen molar-refractivity contribution in [3.05, 3.63) is 35.9 Å². The van der Waals surface area contributed by atoms with Crippen LogP contribution in [0.2, 0.25) is 0 Å². The van der Waals surface area contributed by atoms with Crippen LogP contribution in [0, 0.1) is 11.3 Å². The van der Waals surface area contributed by atoms with Gasteiger partial charge in [0.25, 0.3) is 0 Å². The molecule has 1 aliphatic heterocycles. The van der Waals surface area contributed by atoms with E-state index in [1.54, 1.807) is 0 Å². The maximum absolute atomic E-state index is 12.4. The van der Waals surface area contributed by atoms with E-state index >= 15 is 0 Å². The Kier molecular flexibility index (Phi) is 3.12. The standard InChI is InChI=1S/C17H23NO/c1-17(2)10-6-9-15-14(17)11-16(19)18(15)12-13-7-4-3-5-8-13/h3-5,7-8,14-15H,6,9-12H2,1-2H3/t14-,15-/m1/s1. The van der Waals surface area contributed by atoms with Gasteiger partial charge in [-0.05, 0) is 29.7 Å². The Morgan fingerprint density at radius 2 is 2.00 bits per heavy atom. The third-order valence-corrected chi connectivity index (χ3v) is 5.10. The number of hydrogen-bond donors (Lipinski definition) is 0. The van der Waals surface area contributed by atoms with E-state index in [2.05, 4.69) is 43.0 Å². The second kappa shape index (κ2) is 4.66. The molecule has 1 saturated carbocycles. The fourth-order valence-electron chi connectivity index (χ4n) is 3.94. The molecule has 0 N–H and O–H groups in total. The van der Waals surface area contributed by atoms with Gasteiger partial charge in [0.15, 0.2) is 0 Å². The first kappa shape index (κ1) is 12.7. The van der Waals surface area contributed by atoms with Gasteiger partial charge in [-0.15, -0.1) is 0 Å². The minimum absolute atomic E-state index is 0.323. The molecule has 2 nitrogen and oxygen atoms in total. The molecule has 0 unspecified atom stereocenters. The summed E-state index contributed by atoms with van der Waals surface area (Å²) in [7, 11) is 0. The SMILES string of the molecule is CC1(C)CCC[C@@H]2[C@H]1CC(=O)N2Cc1ccccc1. The molecule has 2 heteroatoms. The Labute approximate surface area is 115 Å². The van der Waals surface area contributed by atoms with Crippen LogP contribution in [0.3, 0.4) is 0 Å². The maximum atomic E-state index is 12.4. The average Bonchev–Trinajstić information content (AvgIpc) is 2.70. The van der Waals surface area contributed by atoms with Gasteiger partial charge in [-0.1, -0.05) is 50.6 Å². The molecule has 0 bridgehead atoms. The fraction of sp³-hybridized carbons (Fsp3) is 0.588. The highest BCUT2D eigenvalue weighted by Gasteiger charge is 2.48. The molecule has 2 aliphatic rings. The van der Waals surface area contributed by atoms with Crippen LogP contribution in [0.5, 0.6) is 0 Å². The Bertz CT molecular complexity index is 465. The summed E-state index contributed by atoms with van der Waals surface area (Å²) in [5.74, 6) is 0.909. The minimum atomic E-state index is 0.323. The van der Waals surface area contributed by atoms with Gasteiger partial charge in [0, 0.05) is 19.0 Å². The van der Waals surface area contributed by atoms with Crippen LogP contribution < -0.4 is 0 Å². The summed E-state index contributed by atoms with van der Waals surface area (Å²) in [5, 5.41) is 0. The van der Waals surface area contributed by atoms with Gasteiger partial charge in [-0.25, -0.2) is 0 Å². The van der Waals surface area contributed by atoms with Crippen molar-refractivity contribution >= 4 is 5.91 Å². The number of nitrogens with zero attached hydrogens (tertiary/aromatic N) is 1. The van der Waals surface area contributed by atoms with Gasteiger partial charge in [0.05, 0.1) is 0 Å². The van der Waals surface area contributed by atoms with Gasteiger partial charge in [-0.3, -0.25) is 4.79 Å². The number of rotatable bonds is 2.